The van der Waals surface area contributed by atoms with Gasteiger partial charge < -0.3 is 9.47 Å². The summed E-state index contributed by atoms with van der Waals surface area (Å²) in [5.41, 5.74) is 3.64. The highest BCUT2D eigenvalue weighted by atomic mass is 16.5. The zero-order valence-corrected chi connectivity index (χ0v) is 23.4. The lowest BCUT2D eigenvalue weighted by molar-refractivity contribution is 0.0734. The number of ether oxygens (including phenoxy) is 2. The Morgan fingerprint density at radius 3 is 1.89 bits per heavy atom. The second-order valence-electron chi connectivity index (χ2n) is 10.1. The number of carbonyl (C=O) groups excluding carboxylic acids is 1. The van der Waals surface area contributed by atoms with Crippen molar-refractivity contribution in [3.05, 3.63) is 78.0 Å². The lowest BCUT2D eigenvalue weighted by Gasteiger charge is -2.08. The van der Waals surface area contributed by atoms with Gasteiger partial charge in [0.2, 0.25) is 0 Å². The third-order valence-electron chi connectivity index (χ3n) is 6.87. The van der Waals surface area contributed by atoms with Gasteiger partial charge in [0.1, 0.15) is 11.5 Å². The van der Waals surface area contributed by atoms with E-state index in [0.29, 0.717) is 11.3 Å². The summed E-state index contributed by atoms with van der Waals surface area (Å²) in [4.78, 5) is 17.1. The lowest BCUT2D eigenvalue weighted by atomic mass is 10.0. The van der Waals surface area contributed by atoms with Gasteiger partial charge >= 0.3 is 5.97 Å². The van der Waals surface area contributed by atoms with Crippen LogP contribution in [0.3, 0.4) is 0 Å². The van der Waals surface area contributed by atoms with Crippen LogP contribution in [-0.2, 0) is 6.42 Å². The topological polar surface area (TPSA) is 48.4 Å². The Labute approximate surface area is 229 Å². The van der Waals surface area contributed by atoms with Gasteiger partial charge in [0, 0.05) is 5.56 Å². The molecule has 0 amide bonds. The van der Waals surface area contributed by atoms with Gasteiger partial charge in [-0.2, -0.15) is 0 Å². The number of aromatic nitrogens is 1. The van der Waals surface area contributed by atoms with Crippen LogP contribution in [-0.4, -0.2) is 17.6 Å². The van der Waals surface area contributed by atoms with Crippen molar-refractivity contribution in [3.8, 4) is 22.8 Å². The van der Waals surface area contributed by atoms with Crippen LogP contribution in [0.15, 0.2) is 66.9 Å². The minimum Gasteiger partial charge on any atom is -0.494 e. The van der Waals surface area contributed by atoms with E-state index in [2.05, 4.69) is 18.8 Å². The van der Waals surface area contributed by atoms with Gasteiger partial charge in [-0.3, -0.25) is 4.98 Å². The van der Waals surface area contributed by atoms with Crippen LogP contribution in [0.1, 0.15) is 107 Å². The van der Waals surface area contributed by atoms with Crippen molar-refractivity contribution in [2.75, 3.05) is 6.61 Å². The Balaban J connectivity index is 1.41. The highest BCUT2D eigenvalue weighted by Crippen LogP contribution is 2.23. The average molecular weight is 516 g/mol. The summed E-state index contributed by atoms with van der Waals surface area (Å²) in [6.07, 6.45) is 17.9. The molecule has 0 saturated carbocycles. The number of rotatable bonds is 18. The predicted octanol–water partition coefficient (Wildman–Crippen LogP) is 9.61. The van der Waals surface area contributed by atoms with Crippen molar-refractivity contribution in [1.29, 1.82) is 0 Å². The number of carbonyl (C=O) groups is 1. The zero-order valence-electron chi connectivity index (χ0n) is 23.4. The maximum absolute atomic E-state index is 12.6. The molecule has 1 aromatic heterocycles. The molecule has 0 bridgehead atoms. The first kappa shape index (κ1) is 29.4. The van der Waals surface area contributed by atoms with E-state index < -0.39 is 0 Å². The second-order valence-corrected chi connectivity index (χ2v) is 10.1. The molecule has 0 aliphatic heterocycles. The highest BCUT2D eigenvalue weighted by molar-refractivity contribution is 5.91. The van der Waals surface area contributed by atoms with Crippen molar-refractivity contribution < 1.29 is 14.3 Å². The van der Waals surface area contributed by atoms with Crippen molar-refractivity contribution >= 4 is 5.97 Å². The molecule has 4 nitrogen and oxygen atoms in total. The summed E-state index contributed by atoms with van der Waals surface area (Å²) in [6.45, 7) is 5.24. The number of aryl methyl sites for hydroxylation is 1. The molecule has 0 aliphatic carbocycles. The van der Waals surface area contributed by atoms with Crippen LogP contribution in [0.25, 0.3) is 11.3 Å². The fourth-order valence-corrected chi connectivity index (χ4v) is 4.49. The lowest BCUT2D eigenvalue weighted by Crippen LogP contribution is -2.08. The summed E-state index contributed by atoms with van der Waals surface area (Å²) >= 11 is 0. The summed E-state index contributed by atoms with van der Waals surface area (Å²) in [5, 5.41) is 0. The Morgan fingerprint density at radius 1 is 0.658 bits per heavy atom. The number of nitrogens with zero attached hydrogens (tertiary/aromatic N) is 1. The Morgan fingerprint density at radius 2 is 1.26 bits per heavy atom. The van der Waals surface area contributed by atoms with Crippen molar-refractivity contribution in [2.45, 2.75) is 97.3 Å². The monoisotopic (exact) mass is 515 g/mol. The molecule has 1 heterocycles. The van der Waals surface area contributed by atoms with E-state index in [9.17, 15) is 4.79 Å². The first-order chi connectivity index (χ1) is 18.7. The highest BCUT2D eigenvalue weighted by Gasteiger charge is 2.10. The average Bonchev–Trinajstić information content (AvgIpc) is 2.95. The number of hydrogen-bond acceptors (Lipinski definition) is 4. The Bertz CT molecular complexity index is 1040. The predicted molar refractivity (Wildman–Crippen MR) is 157 cm³/mol. The Hall–Kier alpha value is -3.14. The number of benzene rings is 2. The van der Waals surface area contributed by atoms with Crippen LogP contribution in [0.2, 0.25) is 0 Å². The van der Waals surface area contributed by atoms with Gasteiger partial charge in [-0.1, -0.05) is 90.2 Å². The van der Waals surface area contributed by atoms with E-state index in [1.807, 2.05) is 54.6 Å². The molecule has 4 heteroatoms. The van der Waals surface area contributed by atoms with Gasteiger partial charge in [0.25, 0.3) is 0 Å². The minimum absolute atomic E-state index is 0.363. The molecule has 0 unspecified atom stereocenters. The minimum atomic E-state index is -0.363. The number of pyridine rings is 1. The van der Waals surface area contributed by atoms with E-state index in [1.54, 1.807) is 12.3 Å². The van der Waals surface area contributed by atoms with Gasteiger partial charge in [-0.05, 0) is 73.4 Å². The van der Waals surface area contributed by atoms with E-state index in [1.165, 1.54) is 76.2 Å². The number of hydrogen-bond donors (Lipinski definition) is 0. The van der Waals surface area contributed by atoms with E-state index in [4.69, 9.17) is 9.47 Å². The molecule has 38 heavy (non-hydrogen) atoms. The fourth-order valence-electron chi connectivity index (χ4n) is 4.49. The largest absolute Gasteiger partial charge is 0.494 e. The molecule has 0 saturated heterocycles. The molecule has 3 rings (SSSR count). The first-order valence-electron chi connectivity index (χ1n) is 14.7. The zero-order chi connectivity index (χ0) is 26.8. The molecule has 0 aliphatic rings. The van der Waals surface area contributed by atoms with Gasteiger partial charge in [-0.25, -0.2) is 4.79 Å². The smallest absolute Gasteiger partial charge is 0.343 e. The molecule has 0 N–H and O–H groups in total. The molecule has 0 spiro atoms. The van der Waals surface area contributed by atoms with E-state index >= 15 is 0 Å². The SMILES string of the molecule is CCCCCCCCOc1ccc(-c2ccc(OC(=O)c3ccc(CCCCCCCC)cc3)cn2)cc1. The Kier molecular flexibility index (Phi) is 13.5. The quantitative estimate of drug-likeness (QED) is 0.125. The van der Waals surface area contributed by atoms with Crippen LogP contribution in [0.4, 0.5) is 0 Å². The fraction of sp³-hybridized carbons (Fsp3) is 0.471. The molecule has 0 atom stereocenters. The molecule has 3 aromatic rings. The maximum Gasteiger partial charge on any atom is 0.343 e. The first-order valence-corrected chi connectivity index (χ1v) is 14.7. The van der Waals surface area contributed by atoms with Crippen molar-refractivity contribution in [2.24, 2.45) is 0 Å². The standard InChI is InChI=1S/C34H45NO3/c1-3-5-7-9-11-13-15-28-16-18-30(19-17-28)34(36)38-32-24-25-33(35-27-32)29-20-22-31(23-21-29)37-26-14-12-10-8-6-4-2/h16-25,27H,3-15,26H2,1-2H3. The molecule has 2 aromatic carbocycles. The molecular weight excluding hydrogens is 470 g/mol. The molecule has 204 valence electrons. The summed E-state index contributed by atoms with van der Waals surface area (Å²) in [5.74, 6) is 0.956. The maximum atomic E-state index is 12.6. The van der Waals surface area contributed by atoms with Crippen LogP contribution in [0.5, 0.6) is 11.5 Å². The van der Waals surface area contributed by atoms with E-state index in [-0.39, 0.29) is 5.97 Å². The van der Waals surface area contributed by atoms with Gasteiger partial charge in [0.05, 0.1) is 24.1 Å². The second kappa shape index (κ2) is 17.4. The summed E-state index contributed by atoms with van der Waals surface area (Å²) in [7, 11) is 0. The molecular formula is C34H45NO3. The normalized spacial score (nSPS) is 10.9. The van der Waals surface area contributed by atoms with Crippen LogP contribution >= 0.6 is 0 Å². The van der Waals surface area contributed by atoms with Gasteiger partial charge in [-0.15, -0.1) is 0 Å². The van der Waals surface area contributed by atoms with Crippen molar-refractivity contribution in [3.63, 3.8) is 0 Å². The number of unbranched alkanes of at least 4 members (excludes halogenated alkanes) is 10. The summed E-state index contributed by atoms with van der Waals surface area (Å²) < 4.78 is 11.4. The van der Waals surface area contributed by atoms with Crippen molar-refractivity contribution in [1.82, 2.24) is 4.98 Å². The molecule has 0 radical (unpaired) electrons. The van der Waals surface area contributed by atoms with Crippen LogP contribution < -0.4 is 9.47 Å². The third kappa shape index (κ3) is 10.7. The van der Waals surface area contributed by atoms with Gasteiger partial charge in [0.15, 0.2) is 0 Å². The third-order valence-corrected chi connectivity index (χ3v) is 6.87. The van der Waals surface area contributed by atoms with Crippen LogP contribution in [0, 0.1) is 0 Å². The summed E-state index contributed by atoms with van der Waals surface area (Å²) in [6, 6.07) is 19.4. The number of esters is 1. The molecule has 0 fully saturated rings. The van der Waals surface area contributed by atoms with E-state index in [0.717, 1.165) is 36.5 Å².